The quantitative estimate of drug-likeness (QED) is 0.187. The number of hydrogen-bond donors (Lipinski definition) is 3. The molecule has 0 aromatic heterocycles. The molecule has 34 heavy (non-hydrogen) atoms. The second-order valence-corrected chi connectivity index (χ2v) is 8.55. The van der Waals surface area contributed by atoms with Gasteiger partial charge in [-0.3, -0.25) is 5.41 Å². The smallest absolute Gasteiger partial charge is 0.122 e. The van der Waals surface area contributed by atoms with Gasteiger partial charge >= 0.3 is 0 Å². The van der Waals surface area contributed by atoms with Gasteiger partial charge in [-0.15, -0.1) is 12.3 Å². The fraction of sp³-hybridized carbons (Fsp3) is 0.464. The highest BCUT2D eigenvalue weighted by Crippen LogP contribution is 2.22. The normalized spacial score (nSPS) is 13.9. The van der Waals surface area contributed by atoms with Gasteiger partial charge in [-0.2, -0.15) is 0 Å². The van der Waals surface area contributed by atoms with Crippen molar-refractivity contribution in [1.82, 2.24) is 4.90 Å². The first kappa shape index (κ1) is 27.2. The highest BCUT2D eigenvalue weighted by molar-refractivity contribution is 5.94. The highest BCUT2D eigenvalue weighted by atomic mass is 16.5. The average molecular weight is 465 g/mol. The van der Waals surface area contributed by atoms with Gasteiger partial charge in [0.1, 0.15) is 17.3 Å². The SMILES string of the molecule is C#CC.N=C(N)c1ccc(OCCCC2CCN(CCCOc3ccc(CN)cc3)CC2)cc1. The summed E-state index contributed by atoms with van der Waals surface area (Å²) >= 11 is 0. The van der Waals surface area contributed by atoms with Crippen molar-refractivity contribution in [3.63, 3.8) is 0 Å². The van der Waals surface area contributed by atoms with Crippen molar-refractivity contribution in [1.29, 1.82) is 5.41 Å². The van der Waals surface area contributed by atoms with E-state index < -0.39 is 0 Å². The molecule has 0 aliphatic carbocycles. The van der Waals surface area contributed by atoms with Crippen LogP contribution in [-0.2, 0) is 6.54 Å². The fourth-order valence-electron chi connectivity index (χ4n) is 3.99. The van der Waals surface area contributed by atoms with Gasteiger partial charge in [0.25, 0.3) is 0 Å². The molecule has 0 amide bonds. The predicted molar refractivity (Wildman–Crippen MR) is 140 cm³/mol. The molecule has 1 heterocycles. The summed E-state index contributed by atoms with van der Waals surface area (Å²) < 4.78 is 11.7. The Bertz CT molecular complexity index is 867. The van der Waals surface area contributed by atoms with E-state index >= 15 is 0 Å². The van der Waals surface area contributed by atoms with Crippen LogP contribution in [0.15, 0.2) is 48.5 Å². The van der Waals surface area contributed by atoms with Gasteiger partial charge in [0, 0.05) is 18.7 Å². The van der Waals surface area contributed by atoms with Crippen molar-refractivity contribution in [3.05, 3.63) is 59.7 Å². The van der Waals surface area contributed by atoms with Crippen molar-refractivity contribution in [2.75, 3.05) is 32.8 Å². The van der Waals surface area contributed by atoms with E-state index in [1.54, 1.807) is 6.92 Å². The van der Waals surface area contributed by atoms with Gasteiger partial charge in [0.15, 0.2) is 0 Å². The van der Waals surface area contributed by atoms with E-state index in [0.29, 0.717) is 6.54 Å². The van der Waals surface area contributed by atoms with Gasteiger partial charge < -0.3 is 25.8 Å². The van der Waals surface area contributed by atoms with Crippen molar-refractivity contribution in [2.45, 2.75) is 45.6 Å². The topological polar surface area (TPSA) is 97.6 Å². The number of amidine groups is 1. The zero-order chi connectivity index (χ0) is 24.6. The number of nitrogen functional groups attached to an aromatic ring is 1. The van der Waals surface area contributed by atoms with Crippen molar-refractivity contribution in [3.8, 4) is 23.8 Å². The number of likely N-dealkylation sites (tertiary alicyclic amines) is 1. The molecule has 1 saturated heterocycles. The molecule has 0 spiro atoms. The van der Waals surface area contributed by atoms with Crippen LogP contribution in [-0.4, -0.2) is 43.6 Å². The first-order valence-corrected chi connectivity index (χ1v) is 12.1. The standard InChI is InChI=1S/C25H36N4O2.C3H4/c26-19-21-4-8-23(9-5-21)31-18-2-14-29-15-12-20(13-16-29)3-1-17-30-24-10-6-22(7-11-24)25(27)28;1-3-2/h4-11,20H,1-3,12-19,26H2,(H3,27,28);1H,2H3. The summed E-state index contributed by atoms with van der Waals surface area (Å²) in [4.78, 5) is 2.56. The number of ether oxygens (including phenoxy) is 2. The van der Waals surface area contributed by atoms with Gasteiger partial charge in [-0.05, 0) is 100.0 Å². The number of terminal acetylenes is 1. The largest absolute Gasteiger partial charge is 0.494 e. The third-order valence-electron chi connectivity index (χ3n) is 5.94. The lowest BCUT2D eigenvalue weighted by atomic mass is 9.92. The van der Waals surface area contributed by atoms with Crippen LogP contribution in [0.3, 0.4) is 0 Å². The maximum absolute atomic E-state index is 7.42. The molecule has 3 rings (SSSR count). The van der Waals surface area contributed by atoms with Gasteiger partial charge in [0.05, 0.1) is 13.2 Å². The summed E-state index contributed by atoms with van der Waals surface area (Å²) in [5, 5.41) is 7.42. The Kier molecular flexibility index (Phi) is 12.6. The molecule has 0 bridgehead atoms. The Balaban J connectivity index is 0.00000129. The number of hydrogen-bond acceptors (Lipinski definition) is 5. The Labute approximate surface area is 205 Å². The number of nitrogens with two attached hydrogens (primary N) is 2. The molecular weight excluding hydrogens is 424 g/mol. The molecule has 1 fully saturated rings. The Hall–Kier alpha value is -3.01. The molecule has 6 heteroatoms. The maximum Gasteiger partial charge on any atom is 0.122 e. The van der Waals surface area contributed by atoms with E-state index in [0.717, 1.165) is 61.1 Å². The summed E-state index contributed by atoms with van der Waals surface area (Å²) in [6.07, 6.45) is 10.5. The third-order valence-corrected chi connectivity index (χ3v) is 5.94. The fourth-order valence-corrected chi connectivity index (χ4v) is 3.99. The minimum absolute atomic E-state index is 0.0861. The average Bonchev–Trinajstić information content (AvgIpc) is 2.86. The zero-order valence-corrected chi connectivity index (χ0v) is 20.5. The first-order chi connectivity index (χ1) is 16.5. The van der Waals surface area contributed by atoms with Crippen LogP contribution in [0.5, 0.6) is 11.5 Å². The molecule has 2 aromatic rings. The Morgan fingerprint density at radius 2 is 1.53 bits per heavy atom. The molecule has 1 aliphatic heterocycles. The van der Waals surface area contributed by atoms with E-state index in [9.17, 15) is 0 Å². The number of piperidine rings is 1. The van der Waals surface area contributed by atoms with Crippen molar-refractivity contribution in [2.24, 2.45) is 17.4 Å². The molecule has 0 saturated carbocycles. The van der Waals surface area contributed by atoms with E-state index in [-0.39, 0.29) is 5.84 Å². The van der Waals surface area contributed by atoms with Gasteiger partial charge in [-0.1, -0.05) is 12.1 Å². The van der Waals surface area contributed by atoms with Crippen LogP contribution >= 0.6 is 0 Å². The minimum Gasteiger partial charge on any atom is -0.494 e. The Morgan fingerprint density at radius 3 is 2.06 bits per heavy atom. The molecule has 0 radical (unpaired) electrons. The molecule has 0 unspecified atom stereocenters. The predicted octanol–water partition coefficient (Wildman–Crippen LogP) is 4.41. The van der Waals surface area contributed by atoms with E-state index in [1.165, 1.54) is 32.4 Å². The lowest BCUT2D eigenvalue weighted by Crippen LogP contribution is -2.35. The number of nitrogens with one attached hydrogen (secondary N) is 1. The molecule has 2 aromatic carbocycles. The second kappa shape index (κ2) is 15.8. The summed E-state index contributed by atoms with van der Waals surface area (Å²) in [6.45, 7) is 7.19. The van der Waals surface area contributed by atoms with Crippen LogP contribution in [0, 0.1) is 23.7 Å². The maximum atomic E-state index is 7.42. The molecule has 1 aliphatic rings. The molecule has 184 valence electrons. The molecule has 5 N–H and O–H groups in total. The van der Waals surface area contributed by atoms with E-state index in [4.69, 9.17) is 26.4 Å². The van der Waals surface area contributed by atoms with Crippen LogP contribution in [0.2, 0.25) is 0 Å². The van der Waals surface area contributed by atoms with Crippen molar-refractivity contribution >= 4 is 5.84 Å². The monoisotopic (exact) mass is 464 g/mol. The second-order valence-electron chi connectivity index (χ2n) is 8.55. The number of nitrogens with zero attached hydrogens (tertiary/aromatic N) is 1. The van der Waals surface area contributed by atoms with Gasteiger partial charge in [-0.25, -0.2) is 0 Å². The van der Waals surface area contributed by atoms with Crippen LogP contribution < -0.4 is 20.9 Å². The Morgan fingerprint density at radius 1 is 1.00 bits per heavy atom. The number of benzene rings is 2. The summed E-state index contributed by atoms with van der Waals surface area (Å²) in [5.74, 6) is 4.91. The zero-order valence-electron chi connectivity index (χ0n) is 20.5. The van der Waals surface area contributed by atoms with Crippen LogP contribution in [0.25, 0.3) is 0 Å². The summed E-state index contributed by atoms with van der Waals surface area (Å²) in [5.41, 5.74) is 13.0. The summed E-state index contributed by atoms with van der Waals surface area (Å²) in [7, 11) is 0. The lowest BCUT2D eigenvalue weighted by Gasteiger charge is -2.32. The lowest BCUT2D eigenvalue weighted by molar-refractivity contribution is 0.161. The van der Waals surface area contributed by atoms with E-state index in [2.05, 4.69) is 17.2 Å². The van der Waals surface area contributed by atoms with Gasteiger partial charge in [0.2, 0.25) is 0 Å². The third kappa shape index (κ3) is 10.3. The minimum atomic E-state index is 0.0861. The van der Waals surface area contributed by atoms with Crippen LogP contribution in [0.1, 0.15) is 50.2 Å². The molecule has 0 atom stereocenters. The molecule has 6 nitrogen and oxygen atoms in total. The van der Waals surface area contributed by atoms with Crippen molar-refractivity contribution < 1.29 is 9.47 Å². The molecular formula is C28H40N4O2. The first-order valence-electron chi connectivity index (χ1n) is 12.1. The van der Waals surface area contributed by atoms with Crippen LogP contribution in [0.4, 0.5) is 0 Å². The highest BCUT2D eigenvalue weighted by Gasteiger charge is 2.18. The number of rotatable bonds is 12. The van der Waals surface area contributed by atoms with E-state index in [1.807, 2.05) is 48.5 Å². The summed E-state index contributed by atoms with van der Waals surface area (Å²) in [6, 6.07) is 15.5.